The number of carbonyl (C=O) groups excluding carboxylic acids is 1. The Balaban J connectivity index is 1.56. The Kier molecular flexibility index (Phi) is 4.57. The Hall–Kier alpha value is -2.52. The molecule has 1 aliphatic heterocycles. The molecule has 1 heterocycles. The van der Waals surface area contributed by atoms with Crippen molar-refractivity contribution in [2.75, 3.05) is 12.3 Å². The fourth-order valence-corrected chi connectivity index (χ4v) is 4.43. The number of rotatable bonds is 3. The van der Waals surface area contributed by atoms with E-state index in [0.29, 0.717) is 0 Å². The van der Waals surface area contributed by atoms with E-state index < -0.39 is 0 Å². The number of benzene rings is 3. The van der Waals surface area contributed by atoms with Gasteiger partial charge in [-0.3, -0.25) is 4.79 Å². The maximum atomic E-state index is 13.0. The van der Waals surface area contributed by atoms with Crippen LogP contribution < -0.4 is 0 Å². The Morgan fingerprint density at radius 3 is 2.08 bits per heavy atom. The molecule has 3 aromatic rings. The summed E-state index contributed by atoms with van der Waals surface area (Å²) < 4.78 is 0. The van der Waals surface area contributed by atoms with Gasteiger partial charge in [-0.2, -0.15) is 0 Å². The highest BCUT2D eigenvalue weighted by atomic mass is 32.2. The van der Waals surface area contributed by atoms with Gasteiger partial charge in [-0.05, 0) is 28.8 Å². The van der Waals surface area contributed by atoms with Crippen LogP contribution in [0.5, 0.6) is 0 Å². The Labute approximate surface area is 152 Å². The summed E-state index contributed by atoms with van der Waals surface area (Å²) in [4.78, 5) is 15.0. The van der Waals surface area contributed by atoms with Gasteiger partial charge >= 0.3 is 0 Å². The molecule has 0 saturated carbocycles. The summed E-state index contributed by atoms with van der Waals surface area (Å²) in [5, 5.41) is 0.113. The second-order valence-corrected chi connectivity index (χ2v) is 7.26. The van der Waals surface area contributed by atoms with Crippen LogP contribution in [0.15, 0.2) is 84.9 Å². The van der Waals surface area contributed by atoms with Crippen LogP contribution in [0.25, 0.3) is 11.1 Å². The van der Waals surface area contributed by atoms with Crippen LogP contribution in [0.1, 0.15) is 21.3 Å². The molecule has 1 fully saturated rings. The van der Waals surface area contributed by atoms with E-state index in [-0.39, 0.29) is 11.3 Å². The van der Waals surface area contributed by atoms with Crippen molar-refractivity contribution in [1.29, 1.82) is 0 Å². The molecular weight excluding hydrogens is 326 g/mol. The number of thioether (sulfide) groups is 1. The first kappa shape index (κ1) is 16.0. The second kappa shape index (κ2) is 7.16. The molecule has 1 amide bonds. The van der Waals surface area contributed by atoms with E-state index in [4.69, 9.17) is 0 Å². The lowest BCUT2D eigenvalue weighted by atomic mass is 10.0. The van der Waals surface area contributed by atoms with Crippen LogP contribution in [-0.4, -0.2) is 23.1 Å². The highest BCUT2D eigenvalue weighted by molar-refractivity contribution is 7.99. The summed E-state index contributed by atoms with van der Waals surface area (Å²) in [5.74, 6) is 1.09. The summed E-state index contributed by atoms with van der Waals surface area (Å²) in [5.41, 5.74) is 4.25. The molecule has 3 heteroatoms. The molecule has 124 valence electrons. The van der Waals surface area contributed by atoms with Crippen LogP contribution in [0, 0.1) is 0 Å². The summed E-state index contributed by atoms with van der Waals surface area (Å²) >= 11 is 1.83. The number of amides is 1. The Bertz CT molecular complexity index is 846. The first-order chi connectivity index (χ1) is 12.3. The first-order valence-corrected chi connectivity index (χ1v) is 9.51. The Morgan fingerprint density at radius 2 is 1.40 bits per heavy atom. The number of nitrogens with zero attached hydrogens (tertiary/aromatic N) is 1. The van der Waals surface area contributed by atoms with Crippen LogP contribution in [0.2, 0.25) is 0 Å². The van der Waals surface area contributed by atoms with E-state index in [1.54, 1.807) is 0 Å². The van der Waals surface area contributed by atoms with Gasteiger partial charge in [0.2, 0.25) is 0 Å². The molecule has 25 heavy (non-hydrogen) atoms. The minimum atomic E-state index is 0.110. The zero-order valence-electron chi connectivity index (χ0n) is 13.8. The molecule has 1 saturated heterocycles. The maximum absolute atomic E-state index is 13.0. The summed E-state index contributed by atoms with van der Waals surface area (Å²) in [7, 11) is 0. The minimum absolute atomic E-state index is 0.110. The van der Waals surface area contributed by atoms with E-state index in [2.05, 4.69) is 24.3 Å². The number of hydrogen-bond acceptors (Lipinski definition) is 2. The summed E-state index contributed by atoms with van der Waals surface area (Å²) in [6, 6.07) is 28.5. The lowest BCUT2D eigenvalue weighted by molar-refractivity contribution is 0.0760. The van der Waals surface area contributed by atoms with Gasteiger partial charge in [-0.1, -0.05) is 72.8 Å². The Morgan fingerprint density at radius 1 is 0.800 bits per heavy atom. The van der Waals surface area contributed by atoms with Crippen molar-refractivity contribution in [3.63, 3.8) is 0 Å². The monoisotopic (exact) mass is 345 g/mol. The van der Waals surface area contributed by atoms with Gasteiger partial charge in [-0.25, -0.2) is 0 Å². The molecule has 2 nitrogen and oxygen atoms in total. The molecular formula is C22H19NOS. The highest BCUT2D eigenvalue weighted by Gasteiger charge is 2.31. The van der Waals surface area contributed by atoms with Crippen LogP contribution >= 0.6 is 11.8 Å². The van der Waals surface area contributed by atoms with Crippen LogP contribution in [0.4, 0.5) is 0 Å². The van der Waals surface area contributed by atoms with E-state index in [1.807, 2.05) is 77.3 Å². The molecule has 1 aliphatic rings. The normalized spacial score (nSPS) is 16.8. The zero-order valence-corrected chi connectivity index (χ0v) is 14.7. The molecule has 0 N–H and O–H groups in total. The average Bonchev–Trinajstić information content (AvgIpc) is 3.19. The second-order valence-electron chi connectivity index (χ2n) is 6.08. The third-order valence-corrected chi connectivity index (χ3v) is 5.74. The molecule has 0 spiro atoms. The molecule has 4 rings (SSSR count). The van der Waals surface area contributed by atoms with E-state index in [9.17, 15) is 4.79 Å². The van der Waals surface area contributed by atoms with Crippen molar-refractivity contribution >= 4 is 17.7 Å². The zero-order chi connectivity index (χ0) is 17.1. The topological polar surface area (TPSA) is 20.3 Å². The molecule has 1 atom stereocenters. The van der Waals surface area contributed by atoms with Gasteiger partial charge in [0.1, 0.15) is 5.37 Å². The lowest BCUT2D eigenvalue weighted by Crippen LogP contribution is -2.30. The van der Waals surface area contributed by atoms with Gasteiger partial charge in [-0.15, -0.1) is 11.8 Å². The van der Waals surface area contributed by atoms with Gasteiger partial charge in [0.05, 0.1) is 0 Å². The fraction of sp³-hybridized carbons (Fsp3) is 0.136. The van der Waals surface area contributed by atoms with Crippen molar-refractivity contribution in [2.24, 2.45) is 0 Å². The smallest absolute Gasteiger partial charge is 0.255 e. The third-order valence-electron chi connectivity index (χ3n) is 4.48. The predicted octanol–water partition coefficient (Wildman–Crippen LogP) is 5.24. The first-order valence-electron chi connectivity index (χ1n) is 8.46. The number of carbonyl (C=O) groups is 1. The fourth-order valence-electron chi connectivity index (χ4n) is 3.17. The minimum Gasteiger partial charge on any atom is -0.322 e. The van der Waals surface area contributed by atoms with E-state index in [1.165, 1.54) is 11.1 Å². The van der Waals surface area contributed by atoms with Crippen molar-refractivity contribution < 1.29 is 4.79 Å². The van der Waals surface area contributed by atoms with Crippen LogP contribution in [0.3, 0.4) is 0 Å². The van der Waals surface area contributed by atoms with Gasteiger partial charge in [0.15, 0.2) is 0 Å². The van der Waals surface area contributed by atoms with Gasteiger partial charge in [0, 0.05) is 17.9 Å². The van der Waals surface area contributed by atoms with Crippen LogP contribution in [-0.2, 0) is 0 Å². The van der Waals surface area contributed by atoms with Crippen molar-refractivity contribution in [1.82, 2.24) is 4.90 Å². The van der Waals surface area contributed by atoms with E-state index in [0.717, 1.165) is 23.4 Å². The summed E-state index contributed by atoms with van der Waals surface area (Å²) in [6.45, 7) is 0.795. The predicted molar refractivity (Wildman–Crippen MR) is 105 cm³/mol. The largest absolute Gasteiger partial charge is 0.322 e. The van der Waals surface area contributed by atoms with Crippen molar-refractivity contribution in [2.45, 2.75) is 5.37 Å². The molecule has 3 aromatic carbocycles. The van der Waals surface area contributed by atoms with Crippen molar-refractivity contribution in [3.8, 4) is 11.1 Å². The van der Waals surface area contributed by atoms with E-state index >= 15 is 0 Å². The number of hydrogen-bond donors (Lipinski definition) is 0. The standard InChI is InChI=1S/C22H19NOS/c24-21(23-15-16-25-22(23)20-9-5-2-6-10-20)19-13-11-18(12-14-19)17-7-3-1-4-8-17/h1-14,22H,15-16H2. The highest BCUT2D eigenvalue weighted by Crippen LogP contribution is 2.38. The van der Waals surface area contributed by atoms with Gasteiger partial charge < -0.3 is 4.90 Å². The van der Waals surface area contributed by atoms with Gasteiger partial charge in [0.25, 0.3) is 5.91 Å². The quantitative estimate of drug-likeness (QED) is 0.647. The SMILES string of the molecule is O=C(c1ccc(-c2ccccc2)cc1)N1CCSC1c1ccccc1. The molecule has 1 unspecified atom stereocenters. The molecule has 0 aliphatic carbocycles. The molecule has 0 bridgehead atoms. The molecule has 0 aromatic heterocycles. The average molecular weight is 345 g/mol. The maximum Gasteiger partial charge on any atom is 0.255 e. The molecule has 0 radical (unpaired) electrons. The summed E-state index contributed by atoms with van der Waals surface area (Å²) in [6.07, 6.45) is 0. The van der Waals surface area contributed by atoms with Crippen molar-refractivity contribution in [3.05, 3.63) is 96.1 Å². The lowest BCUT2D eigenvalue weighted by Gasteiger charge is -2.24. The third kappa shape index (κ3) is 3.33.